The zero-order chi connectivity index (χ0) is 19.3. The van der Waals surface area contributed by atoms with E-state index in [1.165, 1.54) is 5.56 Å². The van der Waals surface area contributed by atoms with Crippen molar-refractivity contribution in [2.45, 2.75) is 32.9 Å². The zero-order valence-electron chi connectivity index (χ0n) is 16.2. The molecule has 27 heavy (non-hydrogen) atoms. The fourth-order valence-electron chi connectivity index (χ4n) is 2.95. The van der Waals surface area contributed by atoms with E-state index in [1.54, 1.807) is 6.07 Å². The number of piperazine rings is 1. The number of hydrogen-bond acceptors (Lipinski definition) is 6. The predicted molar refractivity (Wildman–Crippen MR) is 106 cm³/mol. The SMILES string of the molecule is CC(C)(C)OC(=O)Nc1ccc(N2CCN(Cc3ccccc3)CC2)nn1. The first-order valence-electron chi connectivity index (χ1n) is 9.24. The third-order valence-electron chi connectivity index (χ3n) is 4.22. The van der Waals surface area contributed by atoms with Crippen molar-refractivity contribution in [3.63, 3.8) is 0 Å². The Labute approximate surface area is 160 Å². The average Bonchev–Trinajstić information content (AvgIpc) is 2.62. The molecule has 144 valence electrons. The second kappa shape index (κ2) is 8.35. The maximum atomic E-state index is 11.8. The van der Waals surface area contributed by atoms with Gasteiger partial charge in [-0.05, 0) is 38.5 Å². The molecule has 3 rings (SSSR count). The second-order valence-electron chi connectivity index (χ2n) is 7.65. The molecule has 0 radical (unpaired) electrons. The molecule has 0 atom stereocenters. The van der Waals surface area contributed by atoms with Crippen LogP contribution in [0.15, 0.2) is 42.5 Å². The summed E-state index contributed by atoms with van der Waals surface area (Å²) in [6.07, 6.45) is -0.529. The highest BCUT2D eigenvalue weighted by Crippen LogP contribution is 2.16. The van der Waals surface area contributed by atoms with Crippen LogP contribution >= 0.6 is 0 Å². The van der Waals surface area contributed by atoms with Gasteiger partial charge in [-0.15, -0.1) is 10.2 Å². The van der Waals surface area contributed by atoms with Gasteiger partial charge in [-0.25, -0.2) is 4.79 Å². The molecule has 1 aliphatic rings. The summed E-state index contributed by atoms with van der Waals surface area (Å²) in [5, 5.41) is 10.9. The van der Waals surface area contributed by atoms with Gasteiger partial charge in [0.05, 0.1) is 0 Å². The first kappa shape index (κ1) is 19.1. The summed E-state index contributed by atoms with van der Waals surface area (Å²) in [5.74, 6) is 1.21. The van der Waals surface area contributed by atoms with Crippen molar-refractivity contribution in [2.24, 2.45) is 0 Å². The number of ether oxygens (including phenoxy) is 1. The Bertz CT molecular complexity index is 735. The maximum absolute atomic E-state index is 11.8. The number of aromatic nitrogens is 2. The number of rotatable bonds is 4. The normalized spacial score (nSPS) is 15.4. The van der Waals surface area contributed by atoms with Crippen LogP contribution in [-0.2, 0) is 11.3 Å². The van der Waals surface area contributed by atoms with Crippen LogP contribution in [-0.4, -0.2) is 53.0 Å². The standard InChI is InChI=1S/C20H27N5O2/c1-20(2,3)27-19(26)21-17-9-10-18(23-22-17)25-13-11-24(12-14-25)15-16-7-5-4-6-8-16/h4-10H,11-15H2,1-3H3,(H,21,22,26). The van der Waals surface area contributed by atoms with Gasteiger partial charge in [0.1, 0.15) is 5.60 Å². The number of nitrogens with zero attached hydrogens (tertiary/aromatic N) is 4. The van der Waals surface area contributed by atoms with Crippen LogP contribution in [0.2, 0.25) is 0 Å². The van der Waals surface area contributed by atoms with Crippen LogP contribution in [0, 0.1) is 0 Å². The highest BCUT2D eigenvalue weighted by atomic mass is 16.6. The summed E-state index contributed by atoms with van der Waals surface area (Å²) < 4.78 is 5.22. The minimum absolute atomic E-state index is 0.385. The Balaban J connectivity index is 1.49. The molecular formula is C20H27N5O2. The summed E-state index contributed by atoms with van der Waals surface area (Å²) in [6, 6.07) is 14.2. The Morgan fingerprint density at radius 1 is 1.04 bits per heavy atom. The van der Waals surface area contributed by atoms with Gasteiger partial charge in [0, 0.05) is 32.7 Å². The summed E-state index contributed by atoms with van der Waals surface area (Å²) in [5.41, 5.74) is 0.792. The number of benzene rings is 1. The van der Waals surface area contributed by atoms with Crippen molar-refractivity contribution < 1.29 is 9.53 Å². The highest BCUT2D eigenvalue weighted by molar-refractivity contribution is 5.83. The molecule has 0 bridgehead atoms. The minimum Gasteiger partial charge on any atom is -0.444 e. The molecule has 0 aliphatic carbocycles. The van der Waals surface area contributed by atoms with Crippen molar-refractivity contribution in [2.75, 3.05) is 36.4 Å². The van der Waals surface area contributed by atoms with Crippen LogP contribution < -0.4 is 10.2 Å². The number of carbonyl (C=O) groups excluding carboxylic acids is 1. The third-order valence-corrected chi connectivity index (χ3v) is 4.22. The van der Waals surface area contributed by atoms with Crippen molar-refractivity contribution in [1.82, 2.24) is 15.1 Å². The number of nitrogens with one attached hydrogen (secondary N) is 1. The van der Waals surface area contributed by atoms with Crippen LogP contribution in [0.4, 0.5) is 16.4 Å². The largest absolute Gasteiger partial charge is 0.444 e. The van der Waals surface area contributed by atoms with Crippen LogP contribution in [0.25, 0.3) is 0 Å². The summed E-state index contributed by atoms with van der Waals surface area (Å²) in [7, 11) is 0. The lowest BCUT2D eigenvalue weighted by atomic mass is 10.2. The van der Waals surface area contributed by atoms with Crippen molar-refractivity contribution in [3.05, 3.63) is 48.0 Å². The lowest BCUT2D eigenvalue weighted by Crippen LogP contribution is -2.46. The van der Waals surface area contributed by atoms with E-state index in [0.717, 1.165) is 38.5 Å². The molecule has 1 saturated heterocycles. The molecule has 0 saturated carbocycles. The topological polar surface area (TPSA) is 70.6 Å². The Hall–Kier alpha value is -2.67. The fourth-order valence-corrected chi connectivity index (χ4v) is 2.95. The maximum Gasteiger partial charge on any atom is 0.413 e. The first-order chi connectivity index (χ1) is 12.9. The molecule has 2 heterocycles. The molecule has 1 aromatic heterocycles. The van der Waals surface area contributed by atoms with Gasteiger partial charge < -0.3 is 9.64 Å². The second-order valence-corrected chi connectivity index (χ2v) is 7.65. The van der Waals surface area contributed by atoms with Gasteiger partial charge in [-0.1, -0.05) is 30.3 Å². The molecule has 1 N–H and O–H groups in total. The lowest BCUT2D eigenvalue weighted by molar-refractivity contribution is 0.0635. The Kier molecular flexibility index (Phi) is 5.91. The van der Waals surface area contributed by atoms with E-state index in [1.807, 2.05) is 32.9 Å². The number of anilines is 2. The van der Waals surface area contributed by atoms with Crippen molar-refractivity contribution in [1.29, 1.82) is 0 Å². The molecule has 2 aromatic rings. The minimum atomic E-state index is -0.545. The molecule has 1 aromatic carbocycles. The van der Waals surface area contributed by atoms with E-state index < -0.39 is 11.7 Å². The van der Waals surface area contributed by atoms with E-state index in [9.17, 15) is 4.79 Å². The predicted octanol–water partition coefficient (Wildman–Crippen LogP) is 3.15. The lowest BCUT2D eigenvalue weighted by Gasteiger charge is -2.35. The quantitative estimate of drug-likeness (QED) is 0.893. The highest BCUT2D eigenvalue weighted by Gasteiger charge is 2.19. The van der Waals surface area contributed by atoms with Gasteiger partial charge >= 0.3 is 6.09 Å². The number of carbonyl (C=O) groups is 1. The monoisotopic (exact) mass is 369 g/mol. The smallest absolute Gasteiger partial charge is 0.413 e. The van der Waals surface area contributed by atoms with Gasteiger partial charge in [0.25, 0.3) is 0 Å². The molecule has 0 spiro atoms. The van der Waals surface area contributed by atoms with Gasteiger partial charge in [-0.3, -0.25) is 10.2 Å². The van der Waals surface area contributed by atoms with E-state index in [2.05, 4.69) is 49.6 Å². The number of hydrogen-bond donors (Lipinski definition) is 1. The third kappa shape index (κ3) is 5.92. The van der Waals surface area contributed by atoms with Gasteiger partial charge in [0.2, 0.25) is 0 Å². The Morgan fingerprint density at radius 3 is 2.33 bits per heavy atom. The van der Waals surface area contributed by atoms with Crippen molar-refractivity contribution in [3.8, 4) is 0 Å². The van der Waals surface area contributed by atoms with E-state index in [4.69, 9.17) is 4.74 Å². The van der Waals surface area contributed by atoms with Gasteiger partial charge in [-0.2, -0.15) is 0 Å². The molecule has 7 heteroatoms. The summed E-state index contributed by atoms with van der Waals surface area (Å²) in [6.45, 7) is 10.2. The van der Waals surface area contributed by atoms with E-state index in [0.29, 0.717) is 5.82 Å². The van der Waals surface area contributed by atoms with Crippen molar-refractivity contribution >= 4 is 17.7 Å². The van der Waals surface area contributed by atoms with E-state index in [-0.39, 0.29) is 0 Å². The summed E-state index contributed by atoms with van der Waals surface area (Å²) in [4.78, 5) is 16.4. The summed E-state index contributed by atoms with van der Waals surface area (Å²) >= 11 is 0. The molecule has 0 unspecified atom stereocenters. The van der Waals surface area contributed by atoms with Crippen LogP contribution in [0.3, 0.4) is 0 Å². The first-order valence-corrected chi connectivity index (χ1v) is 9.24. The zero-order valence-corrected chi connectivity index (χ0v) is 16.2. The molecule has 1 fully saturated rings. The van der Waals surface area contributed by atoms with Crippen LogP contribution in [0.5, 0.6) is 0 Å². The van der Waals surface area contributed by atoms with Gasteiger partial charge in [0.15, 0.2) is 11.6 Å². The fraction of sp³-hybridized carbons (Fsp3) is 0.450. The van der Waals surface area contributed by atoms with Crippen LogP contribution in [0.1, 0.15) is 26.3 Å². The molecular weight excluding hydrogens is 342 g/mol. The van der Waals surface area contributed by atoms with E-state index >= 15 is 0 Å². The molecule has 1 amide bonds. The average molecular weight is 369 g/mol. The number of amides is 1. The molecule has 1 aliphatic heterocycles. The molecule has 7 nitrogen and oxygen atoms in total. The Morgan fingerprint density at radius 2 is 1.74 bits per heavy atom.